The first kappa shape index (κ1) is 51.6. The molecular formula is C32H58N4O14S. The van der Waals surface area contributed by atoms with Gasteiger partial charge in [-0.15, -0.1) is 0 Å². The van der Waals surface area contributed by atoms with Crippen LogP contribution in [-0.4, -0.2) is 129 Å². The van der Waals surface area contributed by atoms with E-state index in [4.69, 9.17) is 27.0 Å². The Bertz CT molecular complexity index is 1180. The minimum absolute atomic E-state index is 0. The minimum Gasteiger partial charge on any atom is -0.491 e. The fraction of sp³-hybridized carbons (Fsp3) is 0.562. The van der Waals surface area contributed by atoms with Crippen molar-refractivity contribution >= 4 is 22.6 Å². The Labute approximate surface area is 300 Å². The van der Waals surface area contributed by atoms with Gasteiger partial charge in [0.25, 0.3) is 0 Å². The van der Waals surface area contributed by atoms with Gasteiger partial charge in [-0.1, -0.05) is 52.0 Å². The summed E-state index contributed by atoms with van der Waals surface area (Å²) in [5.41, 5.74) is 2.18. The number of benzene rings is 2. The lowest BCUT2D eigenvalue weighted by atomic mass is 10.1. The average Bonchev–Trinajstić information content (AvgIpc) is 3.05. The summed E-state index contributed by atoms with van der Waals surface area (Å²) in [5, 5.41) is 31.1. The first-order valence-corrected chi connectivity index (χ1v) is 17.0. The SMILES string of the molecule is COC(=O)NCCc1ccc(OCC(O)CNC(C)C)cc1.COC(=O)NCCc1ccc(OCC(O)CNC(C)C)cc1.O.O.O=S(=O)(O)O. The topological polar surface area (TPSA) is 297 Å². The summed E-state index contributed by atoms with van der Waals surface area (Å²) in [6, 6.07) is 15.9. The van der Waals surface area contributed by atoms with E-state index in [-0.39, 0.29) is 24.2 Å². The van der Waals surface area contributed by atoms with Gasteiger partial charge in [-0.05, 0) is 48.2 Å². The highest BCUT2D eigenvalue weighted by Gasteiger charge is 2.08. The maximum absolute atomic E-state index is 10.9. The Balaban J connectivity index is -0.000000770. The number of alkyl carbamates (subject to hydrolysis) is 2. The summed E-state index contributed by atoms with van der Waals surface area (Å²) < 4.78 is 51.6. The van der Waals surface area contributed by atoms with Crippen LogP contribution in [-0.2, 0) is 32.7 Å². The summed E-state index contributed by atoms with van der Waals surface area (Å²) >= 11 is 0. The number of aliphatic hydroxyl groups excluding tert-OH is 2. The number of carbonyl (C=O) groups excluding carboxylic acids is 2. The van der Waals surface area contributed by atoms with Crippen molar-refractivity contribution < 1.29 is 67.2 Å². The van der Waals surface area contributed by atoms with Crippen LogP contribution in [0.2, 0.25) is 0 Å². The molecular weight excluding hydrogens is 696 g/mol. The summed E-state index contributed by atoms with van der Waals surface area (Å²) in [7, 11) is -1.99. The smallest absolute Gasteiger partial charge is 0.406 e. The van der Waals surface area contributed by atoms with Gasteiger partial charge in [-0.25, -0.2) is 9.59 Å². The highest BCUT2D eigenvalue weighted by atomic mass is 32.3. The van der Waals surface area contributed by atoms with Gasteiger partial charge in [-0.3, -0.25) is 9.11 Å². The zero-order valence-corrected chi connectivity index (χ0v) is 30.9. The van der Waals surface area contributed by atoms with Gasteiger partial charge in [0.05, 0.1) is 14.2 Å². The molecule has 2 amide bonds. The quantitative estimate of drug-likeness (QED) is 0.0953. The lowest BCUT2D eigenvalue weighted by Crippen LogP contribution is -2.35. The Morgan fingerprint density at radius 1 is 0.647 bits per heavy atom. The highest BCUT2D eigenvalue weighted by molar-refractivity contribution is 7.79. The van der Waals surface area contributed by atoms with E-state index in [1.54, 1.807) is 0 Å². The summed E-state index contributed by atoms with van der Waals surface area (Å²) in [6.07, 6.45) is -0.488. The van der Waals surface area contributed by atoms with E-state index in [1.807, 2.05) is 76.2 Å². The molecule has 0 spiro atoms. The first-order valence-electron chi connectivity index (χ1n) is 15.6. The van der Waals surface area contributed by atoms with Crippen molar-refractivity contribution in [2.75, 3.05) is 53.6 Å². The van der Waals surface area contributed by atoms with Crippen LogP contribution in [0.3, 0.4) is 0 Å². The number of nitrogens with one attached hydrogen (secondary N) is 4. The molecule has 0 saturated carbocycles. The number of ether oxygens (including phenoxy) is 4. The molecule has 0 bridgehead atoms. The number of hydrogen-bond donors (Lipinski definition) is 8. The normalized spacial score (nSPS) is 11.5. The second-order valence-corrected chi connectivity index (χ2v) is 12.0. The molecule has 0 heterocycles. The van der Waals surface area contributed by atoms with Crippen LogP contribution in [0.5, 0.6) is 11.5 Å². The van der Waals surface area contributed by atoms with Crippen LogP contribution in [0, 0.1) is 0 Å². The van der Waals surface area contributed by atoms with Gasteiger partial charge in [-0.2, -0.15) is 8.42 Å². The lowest BCUT2D eigenvalue weighted by Gasteiger charge is -2.15. The van der Waals surface area contributed by atoms with Crippen molar-refractivity contribution in [2.45, 2.75) is 64.8 Å². The zero-order chi connectivity index (χ0) is 37.2. The van der Waals surface area contributed by atoms with Gasteiger partial charge in [0, 0.05) is 38.3 Å². The maximum Gasteiger partial charge on any atom is 0.406 e. The number of rotatable bonds is 18. The maximum atomic E-state index is 10.9. The van der Waals surface area contributed by atoms with Crippen molar-refractivity contribution in [2.24, 2.45) is 0 Å². The number of aliphatic hydroxyl groups is 2. The van der Waals surface area contributed by atoms with E-state index < -0.39 is 34.8 Å². The molecule has 51 heavy (non-hydrogen) atoms. The van der Waals surface area contributed by atoms with Gasteiger partial charge in [0.2, 0.25) is 0 Å². The van der Waals surface area contributed by atoms with E-state index in [0.717, 1.165) is 24.0 Å². The van der Waals surface area contributed by atoms with Crippen LogP contribution >= 0.6 is 0 Å². The number of hydrogen-bond acceptors (Lipinski definition) is 12. The van der Waals surface area contributed by atoms with Crippen LogP contribution in [0.15, 0.2) is 48.5 Å². The Hall–Kier alpha value is -3.79. The molecule has 18 nitrogen and oxygen atoms in total. The highest BCUT2D eigenvalue weighted by Crippen LogP contribution is 2.14. The molecule has 2 aromatic rings. The number of amides is 2. The van der Waals surface area contributed by atoms with Crippen molar-refractivity contribution in [3.63, 3.8) is 0 Å². The molecule has 0 aliphatic carbocycles. The summed E-state index contributed by atoms with van der Waals surface area (Å²) in [6.45, 7) is 10.7. The van der Waals surface area contributed by atoms with E-state index in [1.165, 1.54) is 14.2 Å². The lowest BCUT2D eigenvalue weighted by molar-refractivity contribution is 0.104. The van der Waals surface area contributed by atoms with Crippen LogP contribution < -0.4 is 30.7 Å². The van der Waals surface area contributed by atoms with Gasteiger partial charge in [0.1, 0.15) is 36.9 Å². The molecule has 0 radical (unpaired) electrons. The molecule has 2 rings (SSSR count). The largest absolute Gasteiger partial charge is 0.491 e. The molecule has 0 aliphatic heterocycles. The molecule has 2 unspecified atom stereocenters. The Morgan fingerprint density at radius 3 is 1.20 bits per heavy atom. The third kappa shape index (κ3) is 33.1. The van der Waals surface area contributed by atoms with Crippen molar-refractivity contribution in [3.05, 3.63) is 59.7 Å². The fourth-order valence-electron chi connectivity index (χ4n) is 3.51. The third-order valence-electron chi connectivity index (χ3n) is 5.99. The zero-order valence-electron chi connectivity index (χ0n) is 30.0. The monoisotopic (exact) mass is 754 g/mol. The number of methoxy groups -OCH3 is 2. The molecule has 2 atom stereocenters. The molecule has 296 valence electrons. The summed E-state index contributed by atoms with van der Waals surface area (Å²) in [4.78, 5) is 21.8. The predicted octanol–water partition coefficient (Wildman–Crippen LogP) is 0.343. The second kappa shape index (κ2) is 29.9. The van der Waals surface area contributed by atoms with Gasteiger partial charge >= 0.3 is 22.6 Å². The molecule has 12 N–H and O–H groups in total. The average molecular weight is 755 g/mol. The molecule has 0 saturated heterocycles. The molecule has 0 fully saturated rings. The second-order valence-electron chi connectivity index (χ2n) is 11.1. The van der Waals surface area contributed by atoms with Crippen molar-refractivity contribution in [3.8, 4) is 11.5 Å². The molecule has 2 aromatic carbocycles. The fourth-order valence-corrected chi connectivity index (χ4v) is 3.51. The number of carbonyl (C=O) groups is 2. The predicted molar refractivity (Wildman–Crippen MR) is 192 cm³/mol. The van der Waals surface area contributed by atoms with Crippen LogP contribution in [0.1, 0.15) is 38.8 Å². The van der Waals surface area contributed by atoms with E-state index in [2.05, 4.69) is 30.7 Å². The Morgan fingerprint density at radius 2 is 0.941 bits per heavy atom. The molecule has 0 aromatic heterocycles. The van der Waals surface area contributed by atoms with Gasteiger partial charge in [0.15, 0.2) is 0 Å². The standard InChI is InChI=1S/2C16H26N2O4.H2O4S.2H2O/c2*1-12(2)18-10-14(19)11-22-15-6-4-13(5-7-15)8-9-17-16(20)21-3;1-5(2,3)4;;/h2*4-7,12,14,18-19H,8-11H2,1-3H3,(H,17,20);(H2,1,2,3,4);2*1H2. The third-order valence-corrected chi connectivity index (χ3v) is 5.99. The molecule has 0 aliphatic rings. The van der Waals surface area contributed by atoms with Crippen molar-refractivity contribution in [1.82, 2.24) is 21.3 Å². The van der Waals surface area contributed by atoms with Crippen LogP contribution in [0.4, 0.5) is 9.59 Å². The first-order chi connectivity index (χ1) is 23.0. The Kier molecular flexibility index (Phi) is 30.2. The van der Waals surface area contributed by atoms with Gasteiger partial charge < -0.3 is 61.4 Å². The van der Waals surface area contributed by atoms with E-state index in [9.17, 15) is 19.8 Å². The molecule has 19 heteroatoms. The van der Waals surface area contributed by atoms with E-state index in [0.29, 0.717) is 49.8 Å². The van der Waals surface area contributed by atoms with Crippen molar-refractivity contribution in [1.29, 1.82) is 0 Å². The summed E-state index contributed by atoms with van der Waals surface area (Å²) in [5.74, 6) is 1.43. The minimum atomic E-state index is -4.67. The van der Waals surface area contributed by atoms with Crippen LogP contribution in [0.25, 0.3) is 0 Å². The van der Waals surface area contributed by atoms with E-state index >= 15 is 0 Å².